The molecule has 0 heterocycles. The lowest BCUT2D eigenvalue weighted by atomic mass is 10.2. The summed E-state index contributed by atoms with van der Waals surface area (Å²) in [6, 6.07) is 0. The Morgan fingerprint density at radius 1 is 1.14 bits per heavy atom. The van der Waals surface area contributed by atoms with Gasteiger partial charge in [-0.05, 0) is 26.2 Å². The first-order valence-corrected chi connectivity index (χ1v) is 8.74. The Morgan fingerprint density at radius 3 is 2.24 bits per heavy atom. The molecule has 0 aliphatic heterocycles. The molecule has 0 aliphatic carbocycles. The summed E-state index contributed by atoms with van der Waals surface area (Å²) in [4.78, 5) is 11.1. The topological polar surface area (TPSA) is 80.7 Å². The summed E-state index contributed by atoms with van der Waals surface area (Å²) in [5.41, 5.74) is 0.409. The van der Waals surface area contributed by atoms with Crippen molar-refractivity contribution in [3.63, 3.8) is 0 Å². The van der Waals surface area contributed by atoms with Gasteiger partial charge in [-0.3, -0.25) is 4.55 Å². The third-order valence-electron chi connectivity index (χ3n) is 3.16. The summed E-state index contributed by atoms with van der Waals surface area (Å²) in [6.07, 6.45) is 3.18. The van der Waals surface area contributed by atoms with Crippen LogP contribution in [0.4, 0.5) is 0 Å². The number of nitrogens with zero attached hydrogens (tertiary/aromatic N) is 1. The first-order chi connectivity index (χ1) is 9.53. The molecule has 1 N–H and O–H groups in total. The molecule has 0 fully saturated rings. The molecule has 7 heteroatoms. The van der Waals surface area contributed by atoms with Gasteiger partial charge in [-0.1, -0.05) is 6.58 Å². The number of rotatable bonds is 11. The number of hydrogen-bond acceptors (Lipinski definition) is 4. The van der Waals surface area contributed by atoms with Gasteiger partial charge in [0.2, 0.25) is 0 Å². The van der Waals surface area contributed by atoms with Crippen LogP contribution in [0, 0.1) is 0 Å². The van der Waals surface area contributed by atoms with E-state index in [4.69, 9.17) is 9.29 Å². The molecule has 0 radical (unpaired) electrons. The molecule has 0 atom stereocenters. The van der Waals surface area contributed by atoms with Gasteiger partial charge in [-0.2, -0.15) is 8.42 Å². The van der Waals surface area contributed by atoms with Crippen LogP contribution in [0.5, 0.6) is 0 Å². The second-order valence-corrected chi connectivity index (χ2v) is 7.57. The number of carbonyl (C=O) groups excluding carboxylic acids is 1. The van der Waals surface area contributed by atoms with E-state index in [2.05, 4.69) is 6.58 Å². The fourth-order valence-corrected chi connectivity index (χ4v) is 2.39. The van der Waals surface area contributed by atoms with Crippen LogP contribution in [0.15, 0.2) is 12.2 Å². The number of carbonyl (C=O) groups is 1. The molecule has 0 aromatic heterocycles. The Hall–Kier alpha value is -0.920. The highest BCUT2D eigenvalue weighted by molar-refractivity contribution is 7.85. The lowest BCUT2D eigenvalue weighted by Gasteiger charge is -2.29. The highest BCUT2D eigenvalue weighted by Gasteiger charge is 2.16. The maximum absolute atomic E-state index is 11.1. The van der Waals surface area contributed by atoms with Crippen LogP contribution in [0.2, 0.25) is 0 Å². The molecule has 0 rings (SSSR count). The van der Waals surface area contributed by atoms with Gasteiger partial charge >= 0.3 is 5.97 Å². The average molecular weight is 322 g/mol. The van der Waals surface area contributed by atoms with Crippen molar-refractivity contribution in [2.45, 2.75) is 32.6 Å². The van der Waals surface area contributed by atoms with E-state index in [0.29, 0.717) is 29.6 Å². The van der Waals surface area contributed by atoms with Crippen LogP contribution in [0.1, 0.15) is 32.6 Å². The molecule has 0 bridgehead atoms. The second-order valence-electron chi connectivity index (χ2n) is 6.00. The van der Waals surface area contributed by atoms with Crippen LogP contribution in [-0.4, -0.2) is 63.0 Å². The van der Waals surface area contributed by atoms with Crippen LogP contribution in [-0.2, 0) is 19.6 Å². The van der Waals surface area contributed by atoms with Gasteiger partial charge in [-0.15, -0.1) is 0 Å². The summed E-state index contributed by atoms with van der Waals surface area (Å²) in [5, 5.41) is 0. The molecule has 0 saturated heterocycles. The molecule has 21 heavy (non-hydrogen) atoms. The lowest BCUT2D eigenvalue weighted by molar-refractivity contribution is -0.890. The predicted octanol–water partition coefficient (Wildman–Crippen LogP) is 1.63. The van der Waals surface area contributed by atoms with E-state index in [1.54, 1.807) is 6.92 Å². The van der Waals surface area contributed by atoms with E-state index in [1.165, 1.54) is 0 Å². The van der Waals surface area contributed by atoms with Crippen molar-refractivity contribution in [1.29, 1.82) is 0 Å². The highest BCUT2D eigenvalue weighted by Crippen LogP contribution is 2.06. The Balaban J connectivity index is 3.70. The Kier molecular flexibility index (Phi) is 8.77. The van der Waals surface area contributed by atoms with Crippen molar-refractivity contribution in [1.82, 2.24) is 0 Å². The molecule has 0 spiro atoms. The van der Waals surface area contributed by atoms with Gasteiger partial charge in [0.25, 0.3) is 10.1 Å². The van der Waals surface area contributed by atoms with E-state index in [-0.39, 0.29) is 11.7 Å². The zero-order valence-corrected chi connectivity index (χ0v) is 14.1. The summed E-state index contributed by atoms with van der Waals surface area (Å²) >= 11 is 0. The standard InChI is InChI=1S/C14H27NO5S/c1-13(2)14(16)20-11-7-5-6-9-15(3,4)10-8-12-21(17,18)19/h1,5-12H2,2-4H3/p+1. The summed E-state index contributed by atoms with van der Waals surface area (Å²) < 4.78 is 35.7. The van der Waals surface area contributed by atoms with Crippen LogP contribution >= 0.6 is 0 Å². The van der Waals surface area contributed by atoms with Crippen LogP contribution in [0.25, 0.3) is 0 Å². The number of hydrogen-bond donors (Lipinski definition) is 1. The molecule has 0 aromatic rings. The van der Waals surface area contributed by atoms with Gasteiger partial charge in [0.05, 0.1) is 39.5 Å². The number of unbranched alkanes of at least 4 members (excludes halogenated alkanes) is 2. The number of quaternary nitrogens is 1. The van der Waals surface area contributed by atoms with Crippen molar-refractivity contribution in [2.75, 3.05) is 39.5 Å². The lowest BCUT2D eigenvalue weighted by Crippen LogP contribution is -2.41. The third kappa shape index (κ3) is 12.5. The van der Waals surface area contributed by atoms with E-state index in [1.807, 2.05) is 14.1 Å². The minimum absolute atomic E-state index is 0.189. The molecular weight excluding hydrogens is 294 g/mol. The molecule has 0 aromatic carbocycles. The van der Waals surface area contributed by atoms with Crippen LogP contribution < -0.4 is 0 Å². The van der Waals surface area contributed by atoms with E-state index >= 15 is 0 Å². The molecule has 0 unspecified atom stereocenters. The SMILES string of the molecule is C=C(C)C(=O)OCCCCC[N+](C)(C)CCCS(=O)(=O)O. The van der Waals surface area contributed by atoms with Gasteiger partial charge in [-0.25, -0.2) is 4.79 Å². The van der Waals surface area contributed by atoms with E-state index in [9.17, 15) is 13.2 Å². The zero-order chi connectivity index (χ0) is 16.5. The Labute approximate surface area is 128 Å². The first kappa shape index (κ1) is 20.1. The van der Waals surface area contributed by atoms with E-state index in [0.717, 1.165) is 25.8 Å². The third-order valence-corrected chi connectivity index (χ3v) is 3.96. The molecule has 0 amide bonds. The van der Waals surface area contributed by atoms with Crippen molar-refractivity contribution >= 4 is 16.1 Å². The molecular formula is C14H28NO5S+. The molecule has 0 aliphatic rings. The van der Waals surface area contributed by atoms with Gasteiger partial charge in [0.1, 0.15) is 0 Å². The van der Waals surface area contributed by atoms with Crippen molar-refractivity contribution in [2.24, 2.45) is 0 Å². The fourth-order valence-electron chi connectivity index (χ4n) is 1.89. The highest BCUT2D eigenvalue weighted by atomic mass is 32.2. The maximum Gasteiger partial charge on any atom is 0.333 e. The summed E-state index contributed by atoms with van der Waals surface area (Å²) in [6.45, 7) is 7.15. The van der Waals surface area contributed by atoms with Gasteiger partial charge in [0, 0.05) is 12.0 Å². The second kappa shape index (κ2) is 9.17. The fraction of sp³-hybridized carbons (Fsp3) is 0.786. The van der Waals surface area contributed by atoms with Crippen molar-refractivity contribution < 1.29 is 27.0 Å². The summed E-state index contributed by atoms with van der Waals surface area (Å²) in [7, 11) is 0.206. The maximum atomic E-state index is 11.1. The number of esters is 1. The normalized spacial score (nSPS) is 12.2. The summed E-state index contributed by atoms with van der Waals surface area (Å²) in [5.74, 6) is -0.540. The Morgan fingerprint density at radius 2 is 1.71 bits per heavy atom. The zero-order valence-electron chi connectivity index (χ0n) is 13.3. The smallest absolute Gasteiger partial charge is 0.333 e. The molecule has 6 nitrogen and oxygen atoms in total. The van der Waals surface area contributed by atoms with E-state index < -0.39 is 10.1 Å². The predicted molar refractivity (Wildman–Crippen MR) is 82.5 cm³/mol. The quantitative estimate of drug-likeness (QED) is 0.206. The largest absolute Gasteiger partial charge is 0.462 e. The molecule has 124 valence electrons. The first-order valence-electron chi connectivity index (χ1n) is 7.13. The Bertz CT molecular complexity index is 442. The average Bonchev–Trinajstić information content (AvgIpc) is 2.30. The van der Waals surface area contributed by atoms with Gasteiger partial charge in [0.15, 0.2) is 0 Å². The molecule has 0 saturated carbocycles. The monoisotopic (exact) mass is 322 g/mol. The van der Waals surface area contributed by atoms with Crippen molar-refractivity contribution in [3.8, 4) is 0 Å². The van der Waals surface area contributed by atoms with Gasteiger partial charge < -0.3 is 9.22 Å². The van der Waals surface area contributed by atoms with Crippen molar-refractivity contribution in [3.05, 3.63) is 12.2 Å². The minimum atomic E-state index is -3.86. The number of ether oxygens (including phenoxy) is 1. The van der Waals surface area contributed by atoms with Crippen LogP contribution in [0.3, 0.4) is 0 Å². The minimum Gasteiger partial charge on any atom is -0.462 e.